The molecule has 0 unspecified atom stereocenters. The van der Waals surface area contributed by atoms with E-state index < -0.39 is 0 Å². The Morgan fingerprint density at radius 2 is 2.08 bits per heavy atom. The van der Waals surface area contributed by atoms with Crippen molar-refractivity contribution in [2.24, 2.45) is 4.99 Å². The molecule has 0 atom stereocenters. The summed E-state index contributed by atoms with van der Waals surface area (Å²) in [6.45, 7) is 0.805. The summed E-state index contributed by atoms with van der Waals surface area (Å²) in [6, 6.07) is 13.4. The molecule has 1 amide bonds. The van der Waals surface area contributed by atoms with Crippen molar-refractivity contribution >= 4 is 62.6 Å². The first-order valence-electron chi connectivity index (χ1n) is 7.63. The molecule has 0 aliphatic rings. The van der Waals surface area contributed by atoms with Crippen LogP contribution >= 0.6 is 46.5 Å². The third kappa shape index (κ3) is 4.31. The van der Waals surface area contributed by atoms with Gasteiger partial charge in [-0.1, -0.05) is 29.0 Å². The minimum absolute atomic E-state index is 0.216. The number of thiazole rings is 1. The van der Waals surface area contributed by atoms with Crippen molar-refractivity contribution in [2.75, 3.05) is 18.3 Å². The van der Waals surface area contributed by atoms with Crippen LogP contribution in [0.1, 0.15) is 10.4 Å². The van der Waals surface area contributed by atoms with Crippen molar-refractivity contribution in [2.45, 2.75) is 11.4 Å². The highest BCUT2D eigenvalue weighted by Crippen LogP contribution is 2.22. The molecule has 25 heavy (non-hydrogen) atoms. The molecule has 0 saturated heterocycles. The summed E-state index contributed by atoms with van der Waals surface area (Å²) in [4.78, 5) is 18.8. The zero-order valence-electron chi connectivity index (χ0n) is 13.9. The zero-order valence-corrected chi connectivity index (χ0v) is 17.1. The molecule has 3 rings (SSSR count). The maximum atomic E-state index is 12.6. The maximum Gasteiger partial charge on any atom is 0.279 e. The number of nitrogens with zero attached hydrogens (tertiary/aromatic N) is 2. The number of rotatable bonds is 5. The van der Waals surface area contributed by atoms with Crippen LogP contribution in [-0.2, 0) is 6.54 Å². The first-order valence-corrected chi connectivity index (χ1v) is 11.4. The number of fused-ring (bicyclic) bond motifs is 1. The predicted molar refractivity (Wildman–Crippen MR) is 111 cm³/mol. The lowest BCUT2D eigenvalue weighted by Gasteiger charge is -2.04. The zero-order chi connectivity index (χ0) is 17.8. The van der Waals surface area contributed by atoms with Crippen molar-refractivity contribution in [1.29, 1.82) is 0 Å². The topological polar surface area (TPSA) is 34.4 Å². The second-order valence-corrected chi connectivity index (χ2v) is 8.60. The van der Waals surface area contributed by atoms with Gasteiger partial charge in [0.1, 0.15) is 0 Å². The van der Waals surface area contributed by atoms with Gasteiger partial charge in [-0.05, 0) is 48.9 Å². The van der Waals surface area contributed by atoms with Gasteiger partial charge in [-0.2, -0.15) is 16.8 Å². The first-order chi connectivity index (χ1) is 12.1. The number of aromatic nitrogens is 1. The molecule has 0 bridgehead atoms. The van der Waals surface area contributed by atoms with Crippen molar-refractivity contribution in [1.82, 2.24) is 4.57 Å². The maximum absolute atomic E-state index is 12.6. The lowest BCUT2D eigenvalue weighted by molar-refractivity contribution is 0.0997. The number of thioether (sulfide) groups is 2. The standard InChI is InChI=1S/C18H17ClN2OS3/c1-23-9-8-21-15-7-6-13(19)11-16(15)25-18(21)20-17(22)12-4-3-5-14(10-12)24-2/h3-7,10-11H,8-9H2,1-2H3. The van der Waals surface area contributed by atoms with E-state index in [4.69, 9.17) is 11.6 Å². The lowest BCUT2D eigenvalue weighted by atomic mass is 10.2. The Hall–Kier alpha value is -1.21. The molecule has 3 nitrogen and oxygen atoms in total. The van der Waals surface area contributed by atoms with Crippen LogP contribution in [0.25, 0.3) is 10.2 Å². The van der Waals surface area contributed by atoms with Gasteiger partial charge in [0.25, 0.3) is 5.91 Å². The van der Waals surface area contributed by atoms with Crippen LogP contribution in [0.4, 0.5) is 0 Å². The highest BCUT2D eigenvalue weighted by Gasteiger charge is 2.10. The van der Waals surface area contributed by atoms with Crippen molar-refractivity contribution < 1.29 is 4.79 Å². The van der Waals surface area contributed by atoms with Crippen LogP contribution in [0.15, 0.2) is 52.4 Å². The summed E-state index contributed by atoms with van der Waals surface area (Å²) in [5.41, 5.74) is 1.67. The fourth-order valence-electron chi connectivity index (χ4n) is 2.44. The highest BCUT2D eigenvalue weighted by atomic mass is 35.5. The summed E-state index contributed by atoms with van der Waals surface area (Å²) < 4.78 is 3.14. The van der Waals surface area contributed by atoms with Gasteiger partial charge in [0.15, 0.2) is 4.80 Å². The number of hydrogen-bond donors (Lipinski definition) is 0. The molecule has 2 aromatic carbocycles. The smallest absolute Gasteiger partial charge is 0.279 e. The summed E-state index contributed by atoms with van der Waals surface area (Å²) in [5.74, 6) is 0.740. The highest BCUT2D eigenvalue weighted by molar-refractivity contribution is 7.98. The van der Waals surface area contributed by atoms with E-state index in [1.165, 1.54) is 11.3 Å². The van der Waals surface area contributed by atoms with Gasteiger partial charge in [-0.15, -0.1) is 11.8 Å². The molecule has 7 heteroatoms. The van der Waals surface area contributed by atoms with E-state index in [2.05, 4.69) is 15.8 Å². The second-order valence-electron chi connectivity index (χ2n) is 5.29. The van der Waals surface area contributed by atoms with Gasteiger partial charge in [0.05, 0.1) is 10.2 Å². The summed E-state index contributed by atoms with van der Waals surface area (Å²) >= 11 is 11.0. The number of hydrogen-bond acceptors (Lipinski definition) is 4. The number of amides is 1. The Morgan fingerprint density at radius 1 is 1.24 bits per heavy atom. The van der Waals surface area contributed by atoms with E-state index in [-0.39, 0.29) is 5.91 Å². The molecule has 1 heterocycles. The van der Waals surface area contributed by atoms with E-state index in [1.54, 1.807) is 23.5 Å². The van der Waals surface area contributed by atoms with Gasteiger partial charge in [0, 0.05) is 27.8 Å². The molecule has 0 saturated carbocycles. The number of benzene rings is 2. The van der Waals surface area contributed by atoms with Crippen LogP contribution < -0.4 is 4.80 Å². The molecule has 130 valence electrons. The van der Waals surface area contributed by atoms with E-state index in [9.17, 15) is 4.79 Å². The monoisotopic (exact) mass is 408 g/mol. The van der Waals surface area contributed by atoms with Gasteiger partial charge < -0.3 is 4.57 Å². The Bertz CT molecular complexity index is 978. The van der Waals surface area contributed by atoms with Crippen molar-refractivity contribution in [3.05, 3.63) is 57.9 Å². The quantitative estimate of drug-likeness (QED) is 0.545. The number of carbonyl (C=O) groups excluding carboxylic acids is 1. The fourth-order valence-corrected chi connectivity index (χ4v) is 4.59. The number of carbonyl (C=O) groups is 1. The molecule has 1 aromatic heterocycles. The van der Waals surface area contributed by atoms with Gasteiger partial charge in [-0.3, -0.25) is 4.79 Å². The molecule has 0 aliphatic carbocycles. The molecular formula is C18H17ClN2OS3. The SMILES string of the molecule is CSCCn1c(=NC(=O)c2cccc(SC)c2)sc2cc(Cl)ccc21. The lowest BCUT2D eigenvalue weighted by Crippen LogP contribution is -2.18. The van der Waals surface area contributed by atoms with E-state index >= 15 is 0 Å². The third-order valence-corrected chi connectivity index (χ3v) is 6.27. The normalized spacial score (nSPS) is 12.0. The average Bonchev–Trinajstić information content (AvgIpc) is 2.95. The van der Waals surface area contributed by atoms with Gasteiger partial charge in [-0.25, -0.2) is 0 Å². The Labute approximate surface area is 164 Å². The van der Waals surface area contributed by atoms with E-state index in [1.807, 2.05) is 48.7 Å². The number of halogens is 1. The first kappa shape index (κ1) is 18.6. The minimum Gasteiger partial charge on any atom is -0.316 e. The molecule has 0 spiro atoms. The molecule has 0 aliphatic heterocycles. The van der Waals surface area contributed by atoms with Crippen molar-refractivity contribution in [3.63, 3.8) is 0 Å². The molecular weight excluding hydrogens is 392 g/mol. The van der Waals surface area contributed by atoms with Crippen LogP contribution in [0, 0.1) is 0 Å². The predicted octanol–water partition coefficient (Wildman–Crippen LogP) is 5.18. The Balaban J connectivity index is 2.08. The Kier molecular flexibility index (Phi) is 6.28. The van der Waals surface area contributed by atoms with Crippen LogP contribution in [0.5, 0.6) is 0 Å². The third-order valence-electron chi connectivity index (χ3n) is 3.68. The molecule has 3 aromatic rings. The largest absolute Gasteiger partial charge is 0.316 e. The molecule has 0 fully saturated rings. The fraction of sp³-hybridized carbons (Fsp3) is 0.222. The van der Waals surface area contributed by atoms with Gasteiger partial charge >= 0.3 is 0 Å². The minimum atomic E-state index is -0.216. The molecule has 0 N–H and O–H groups in total. The van der Waals surface area contributed by atoms with Crippen LogP contribution in [-0.4, -0.2) is 28.7 Å². The second kappa shape index (κ2) is 8.45. The van der Waals surface area contributed by atoms with Crippen molar-refractivity contribution in [3.8, 4) is 0 Å². The summed E-state index contributed by atoms with van der Waals surface area (Å²) in [7, 11) is 0. The van der Waals surface area contributed by atoms with Crippen LogP contribution in [0.3, 0.4) is 0 Å². The molecule has 0 radical (unpaired) electrons. The summed E-state index contributed by atoms with van der Waals surface area (Å²) in [5, 5.41) is 0.691. The summed E-state index contributed by atoms with van der Waals surface area (Å²) in [6.07, 6.45) is 4.06. The van der Waals surface area contributed by atoms with E-state index in [0.29, 0.717) is 15.4 Å². The van der Waals surface area contributed by atoms with E-state index in [0.717, 1.165) is 27.4 Å². The average molecular weight is 409 g/mol. The van der Waals surface area contributed by atoms with Crippen LogP contribution in [0.2, 0.25) is 5.02 Å². The number of aryl methyl sites for hydroxylation is 1. The Morgan fingerprint density at radius 3 is 2.84 bits per heavy atom. The van der Waals surface area contributed by atoms with Gasteiger partial charge in [0.2, 0.25) is 0 Å².